The summed E-state index contributed by atoms with van der Waals surface area (Å²) in [6, 6.07) is 12.4. The summed E-state index contributed by atoms with van der Waals surface area (Å²) in [5.41, 5.74) is 1.61. The van der Waals surface area contributed by atoms with Gasteiger partial charge in [0.05, 0.1) is 11.7 Å². The standard InChI is InChI=1S/C23H26BrN3O3S/c1-15(2)30-20-10-9-17(24)14-19(20)21(28)26-23(31)25-18-8-6-7-16(13-18)22(29)27-11-4-3-5-12-27/h6-10,13-15H,3-5,11-12H2,1-2H3,(H2,25,26,28,31). The molecule has 2 amide bonds. The molecule has 1 saturated heterocycles. The first-order chi connectivity index (χ1) is 14.8. The first-order valence-corrected chi connectivity index (χ1v) is 11.5. The van der Waals surface area contributed by atoms with Gasteiger partial charge >= 0.3 is 0 Å². The lowest BCUT2D eigenvalue weighted by Gasteiger charge is -2.26. The average molecular weight is 504 g/mol. The Labute approximate surface area is 196 Å². The molecule has 8 heteroatoms. The van der Waals surface area contributed by atoms with E-state index in [0.717, 1.165) is 30.4 Å². The van der Waals surface area contributed by atoms with Crippen LogP contribution in [0.15, 0.2) is 46.9 Å². The van der Waals surface area contributed by atoms with Crippen LogP contribution in [0.25, 0.3) is 0 Å². The minimum absolute atomic E-state index is 0.0166. The molecule has 1 aliphatic rings. The molecular weight excluding hydrogens is 478 g/mol. The Kier molecular flexibility index (Phi) is 8.03. The molecule has 1 fully saturated rings. The number of thiocarbonyl (C=S) groups is 1. The molecule has 0 bridgehead atoms. The summed E-state index contributed by atoms with van der Waals surface area (Å²) in [7, 11) is 0. The highest BCUT2D eigenvalue weighted by Crippen LogP contribution is 2.24. The fourth-order valence-corrected chi connectivity index (χ4v) is 3.95. The van der Waals surface area contributed by atoms with Gasteiger partial charge in [-0.05, 0) is 81.7 Å². The number of hydrogen-bond acceptors (Lipinski definition) is 4. The number of rotatable bonds is 5. The lowest BCUT2D eigenvalue weighted by molar-refractivity contribution is 0.0724. The van der Waals surface area contributed by atoms with E-state index in [-0.39, 0.29) is 23.0 Å². The Bertz CT molecular complexity index is 974. The minimum Gasteiger partial charge on any atom is -0.490 e. The van der Waals surface area contributed by atoms with E-state index in [0.29, 0.717) is 22.6 Å². The van der Waals surface area contributed by atoms with Crippen LogP contribution >= 0.6 is 28.1 Å². The van der Waals surface area contributed by atoms with Gasteiger partial charge in [0.15, 0.2) is 5.11 Å². The Hall–Kier alpha value is -2.45. The summed E-state index contributed by atoms with van der Waals surface area (Å²) in [5.74, 6) is 0.116. The van der Waals surface area contributed by atoms with Crippen LogP contribution in [-0.2, 0) is 0 Å². The largest absolute Gasteiger partial charge is 0.490 e. The van der Waals surface area contributed by atoms with E-state index in [1.54, 1.807) is 36.4 Å². The number of nitrogens with one attached hydrogen (secondary N) is 2. The lowest BCUT2D eigenvalue weighted by atomic mass is 10.1. The van der Waals surface area contributed by atoms with Gasteiger partial charge in [-0.3, -0.25) is 14.9 Å². The molecule has 0 atom stereocenters. The van der Waals surface area contributed by atoms with Gasteiger partial charge in [-0.2, -0.15) is 0 Å². The van der Waals surface area contributed by atoms with Crippen LogP contribution in [0.4, 0.5) is 5.69 Å². The highest BCUT2D eigenvalue weighted by Gasteiger charge is 2.19. The van der Waals surface area contributed by atoms with E-state index >= 15 is 0 Å². The van der Waals surface area contributed by atoms with Gasteiger partial charge in [-0.1, -0.05) is 22.0 Å². The molecule has 0 aliphatic carbocycles. The number of amides is 2. The lowest BCUT2D eigenvalue weighted by Crippen LogP contribution is -2.36. The first-order valence-electron chi connectivity index (χ1n) is 10.3. The predicted molar refractivity (Wildman–Crippen MR) is 130 cm³/mol. The van der Waals surface area contributed by atoms with Gasteiger partial charge in [0.1, 0.15) is 5.75 Å². The first kappa shape index (κ1) is 23.2. The van der Waals surface area contributed by atoms with E-state index in [4.69, 9.17) is 17.0 Å². The molecule has 164 valence electrons. The van der Waals surface area contributed by atoms with Gasteiger partial charge in [0.2, 0.25) is 0 Å². The third kappa shape index (κ3) is 6.51. The molecule has 0 aromatic heterocycles. The van der Waals surface area contributed by atoms with Crippen LogP contribution in [0.5, 0.6) is 5.75 Å². The maximum absolute atomic E-state index is 12.8. The number of halogens is 1. The number of hydrogen-bond donors (Lipinski definition) is 2. The van der Waals surface area contributed by atoms with Crippen molar-refractivity contribution in [3.8, 4) is 5.75 Å². The molecule has 0 unspecified atom stereocenters. The second kappa shape index (κ2) is 10.7. The van der Waals surface area contributed by atoms with Crippen molar-refractivity contribution in [2.45, 2.75) is 39.2 Å². The molecule has 0 radical (unpaired) electrons. The van der Waals surface area contributed by atoms with E-state index in [1.165, 1.54) is 6.42 Å². The molecule has 0 spiro atoms. The van der Waals surface area contributed by atoms with Crippen molar-refractivity contribution in [3.63, 3.8) is 0 Å². The van der Waals surface area contributed by atoms with Crippen LogP contribution in [0.3, 0.4) is 0 Å². The number of anilines is 1. The van der Waals surface area contributed by atoms with Crippen molar-refractivity contribution in [2.24, 2.45) is 0 Å². The topological polar surface area (TPSA) is 70.7 Å². The molecule has 2 aromatic rings. The summed E-state index contributed by atoms with van der Waals surface area (Å²) in [6.45, 7) is 5.37. The van der Waals surface area contributed by atoms with Crippen LogP contribution < -0.4 is 15.4 Å². The maximum Gasteiger partial charge on any atom is 0.261 e. The fourth-order valence-electron chi connectivity index (χ4n) is 3.38. The van der Waals surface area contributed by atoms with Crippen molar-refractivity contribution < 1.29 is 14.3 Å². The highest BCUT2D eigenvalue weighted by atomic mass is 79.9. The SMILES string of the molecule is CC(C)Oc1ccc(Br)cc1C(=O)NC(=S)Nc1cccc(C(=O)N2CCCCC2)c1. The van der Waals surface area contributed by atoms with Crippen LogP contribution in [-0.4, -0.2) is 41.0 Å². The predicted octanol–water partition coefficient (Wildman–Crippen LogP) is 4.99. The molecule has 1 aliphatic heterocycles. The van der Waals surface area contributed by atoms with E-state index < -0.39 is 0 Å². The normalized spacial score (nSPS) is 13.6. The number of carbonyl (C=O) groups excluding carboxylic acids is 2. The number of likely N-dealkylation sites (tertiary alicyclic amines) is 1. The third-order valence-electron chi connectivity index (χ3n) is 4.79. The molecule has 2 N–H and O–H groups in total. The molecule has 2 aromatic carbocycles. The Morgan fingerprint density at radius 1 is 1.10 bits per heavy atom. The molecule has 1 heterocycles. The summed E-state index contributed by atoms with van der Waals surface area (Å²) in [4.78, 5) is 27.4. The van der Waals surface area contributed by atoms with Gasteiger partial charge in [-0.15, -0.1) is 0 Å². The number of piperidine rings is 1. The molecule has 31 heavy (non-hydrogen) atoms. The number of ether oxygens (including phenoxy) is 1. The van der Waals surface area contributed by atoms with E-state index in [9.17, 15) is 9.59 Å². The second-order valence-corrected chi connectivity index (χ2v) is 8.97. The molecule has 3 rings (SSSR count). The molecule has 6 nitrogen and oxygen atoms in total. The Morgan fingerprint density at radius 3 is 2.55 bits per heavy atom. The van der Waals surface area contributed by atoms with Crippen molar-refractivity contribution in [3.05, 3.63) is 58.1 Å². The smallest absolute Gasteiger partial charge is 0.261 e. The summed E-state index contributed by atoms with van der Waals surface area (Å²) >= 11 is 8.70. The fraction of sp³-hybridized carbons (Fsp3) is 0.348. The van der Waals surface area contributed by atoms with Gasteiger partial charge in [-0.25, -0.2) is 0 Å². The third-order valence-corrected chi connectivity index (χ3v) is 5.48. The zero-order chi connectivity index (χ0) is 22.4. The Balaban J connectivity index is 1.67. The number of nitrogens with zero attached hydrogens (tertiary/aromatic N) is 1. The van der Waals surface area contributed by atoms with Crippen molar-refractivity contribution in [1.82, 2.24) is 10.2 Å². The van der Waals surface area contributed by atoms with Gasteiger partial charge in [0, 0.05) is 28.8 Å². The van der Waals surface area contributed by atoms with Gasteiger partial charge < -0.3 is 15.0 Å². The second-order valence-electron chi connectivity index (χ2n) is 7.65. The number of carbonyl (C=O) groups is 2. The monoisotopic (exact) mass is 503 g/mol. The quantitative estimate of drug-likeness (QED) is 0.562. The Morgan fingerprint density at radius 2 is 1.84 bits per heavy atom. The van der Waals surface area contributed by atoms with E-state index in [1.807, 2.05) is 24.8 Å². The van der Waals surface area contributed by atoms with E-state index in [2.05, 4.69) is 26.6 Å². The summed E-state index contributed by atoms with van der Waals surface area (Å²) < 4.78 is 6.49. The number of benzene rings is 2. The van der Waals surface area contributed by atoms with Crippen molar-refractivity contribution in [2.75, 3.05) is 18.4 Å². The van der Waals surface area contributed by atoms with Crippen molar-refractivity contribution in [1.29, 1.82) is 0 Å². The summed E-state index contributed by atoms with van der Waals surface area (Å²) in [6.07, 6.45) is 3.18. The van der Waals surface area contributed by atoms with Gasteiger partial charge in [0.25, 0.3) is 11.8 Å². The van der Waals surface area contributed by atoms with Crippen LogP contribution in [0.1, 0.15) is 53.8 Å². The molecular formula is C23H26BrN3O3S. The van der Waals surface area contributed by atoms with Crippen LogP contribution in [0, 0.1) is 0 Å². The minimum atomic E-state index is -0.380. The highest BCUT2D eigenvalue weighted by molar-refractivity contribution is 9.10. The maximum atomic E-state index is 12.8. The van der Waals surface area contributed by atoms with Crippen LogP contribution in [0.2, 0.25) is 0 Å². The average Bonchev–Trinajstić information content (AvgIpc) is 2.74. The summed E-state index contributed by atoms with van der Waals surface area (Å²) in [5, 5.41) is 5.82. The molecule has 0 saturated carbocycles. The zero-order valence-electron chi connectivity index (χ0n) is 17.6. The van der Waals surface area contributed by atoms with Crippen molar-refractivity contribution >= 4 is 50.8 Å². The zero-order valence-corrected chi connectivity index (χ0v) is 20.0.